The average molecular weight is 210 g/mol. The van der Waals surface area contributed by atoms with Crippen LogP contribution in [0.1, 0.15) is 38.5 Å². The Hall–Kier alpha value is -0.570. The minimum absolute atomic E-state index is 0.240. The summed E-state index contributed by atoms with van der Waals surface area (Å²) in [6, 6.07) is 0.477. The van der Waals surface area contributed by atoms with Gasteiger partial charge in [0.1, 0.15) is 0 Å². The summed E-state index contributed by atoms with van der Waals surface area (Å²) in [5, 5.41) is 3.20. The molecule has 2 rings (SSSR count). The zero-order valence-electron chi connectivity index (χ0n) is 9.67. The summed E-state index contributed by atoms with van der Waals surface area (Å²) in [7, 11) is 2.11. The third-order valence-electron chi connectivity index (χ3n) is 3.70. The number of hydrogen-bond acceptors (Lipinski definition) is 2. The van der Waals surface area contributed by atoms with Crippen molar-refractivity contribution >= 4 is 5.91 Å². The van der Waals surface area contributed by atoms with Crippen molar-refractivity contribution in [3.8, 4) is 0 Å². The van der Waals surface area contributed by atoms with Gasteiger partial charge in [0.15, 0.2) is 0 Å². The second-order valence-electron chi connectivity index (χ2n) is 5.09. The highest BCUT2D eigenvalue weighted by Gasteiger charge is 2.26. The number of piperidine rings is 1. The zero-order valence-corrected chi connectivity index (χ0v) is 9.67. The van der Waals surface area contributed by atoms with E-state index in [1.165, 1.54) is 32.1 Å². The topological polar surface area (TPSA) is 32.3 Å². The van der Waals surface area contributed by atoms with Crippen LogP contribution in [-0.2, 0) is 4.79 Å². The number of nitrogens with one attached hydrogen (secondary N) is 1. The van der Waals surface area contributed by atoms with Crippen LogP contribution in [0.2, 0.25) is 0 Å². The molecule has 2 fully saturated rings. The van der Waals surface area contributed by atoms with E-state index in [4.69, 9.17) is 0 Å². The second-order valence-corrected chi connectivity index (χ2v) is 5.09. The normalized spacial score (nSPS) is 29.3. The molecule has 0 bridgehead atoms. The van der Waals surface area contributed by atoms with Crippen molar-refractivity contribution in [2.24, 2.45) is 5.92 Å². The van der Waals surface area contributed by atoms with E-state index in [2.05, 4.69) is 17.3 Å². The molecule has 3 nitrogen and oxygen atoms in total. The minimum atomic E-state index is 0.240. The Morgan fingerprint density at radius 1 is 1.20 bits per heavy atom. The minimum Gasteiger partial charge on any atom is -0.353 e. The van der Waals surface area contributed by atoms with Gasteiger partial charge < -0.3 is 10.2 Å². The second kappa shape index (κ2) is 4.97. The number of carbonyl (C=O) groups excluding carboxylic acids is 1. The van der Waals surface area contributed by atoms with Gasteiger partial charge in [0.05, 0.1) is 5.92 Å². The standard InChI is InChI=1S/C12H22N2O/c1-14-8-4-5-10(9-14)12(15)13-11-6-2-3-7-11/h10-11H,2-9H2,1H3,(H,13,15)/t10-/m0/s1. The largest absolute Gasteiger partial charge is 0.353 e. The molecule has 0 radical (unpaired) electrons. The number of rotatable bonds is 2. The van der Waals surface area contributed by atoms with Crippen LogP contribution in [0.25, 0.3) is 0 Å². The van der Waals surface area contributed by atoms with Crippen LogP contribution in [0.3, 0.4) is 0 Å². The highest BCUT2D eigenvalue weighted by atomic mass is 16.2. The van der Waals surface area contributed by atoms with E-state index < -0.39 is 0 Å². The third-order valence-corrected chi connectivity index (χ3v) is 3.70. The molecule has 1 heterocycles. The summed E-state index contributed by atoms with van der Waals surface area (Å²) >= 11 is 0. The lowest BCUT2D eigenvalue weighted by molar-refractivity contribution is -0.127. The molecule has 0 spiro atoms. The molecule has 15 heavy (non-hydrogen) atoms. The fraction of sp³-hybridized carbons (Fsp3) is 0.917. The summed E-state index contributed by atoms with van der Waals surface area (Å²) in [5.74, 6) is 0.540. The number of hydrogen-bond donors (Lipinski definition) is 1. The number of likely N-dealkylation sites (tertiary alicyclic amines) is 1. The van der Waals surface area contributed by atoms with Gasteiger partial charge in [0, 0.05) is 12.6 Å². The Morgan fingerprint density at radius 3 is 2.60 bits per heavy atom. The molecule has 1 aliphatic carbocycles. The fourth-order valence-electron chi connectivity index (χ4n) is 2.77. The van der Waals surface area contributed by atoms with E-state index in [-0.39, 0.29) is 5.92 Å². The van der Waals surface area contributed by atoms with Gasteiger partial charge >= 0.3 is 0 Å². The maximum absolute atomic E-state index is 12.0. The Kier molecular flexibility index (Phi) is 3.62. The van der Waals surface area contributed by atoms with Crippen LogP contribution in [0, 0.1) is 5.92 Å². The van der Waals surface area contributed by atoms with E-state index in [0.29, 0.717) is 11.9 Å². The van der Waals surface area contributed by atoms with Crippen LogP contribution in [0.5, 0.6) is 0 Å². The van der Waals surface area contributed by atoms with Crippen molar-refractivity contribution in [1.82, 2.24) is 10.2 Å². The third kappa shape index (κ3) is 2.94. The molecular formula is C12H22N2O. The molecule has 1 atom stereocenters. The molecule has 0 unspecified atom stereocenters. The summed E-state index contributed by atoms with van der Waals surface area (Å²) in [6.07, 6.45) is 7.19. The van der Waals surface area contributed by atoms with E-state index in [9.17, 15) is 4.79 Å². The molecule has 0 aromatic carbocycles. The lowest BCUT2D eigenvalue weighted by atomic mass is 9.97. The summed E-state index contributed by atoms with van der Waals surface area (Å²) in [6.45, 7) is 2.09. The maximum Gasteiger partial charge on any atom is 0.224 e. The van der Waals surface area contributed by atoms with Crippen molar-refractivity contribution in [2.45, 2.75) is 44.6 Å². The molecule has 1 aliphatic heterocycles. The van der Waals surface area contributed by atoms with Crippen molar-refractivity contribution in [3.05, 3.63) is 0 Å². The highest BCUT2D eigenvalue weighted by Crippen LogP contribution is 2.20. The van der Waals surface area contributed by atoms with Crippen LogP contribution in [0.4, 0.5) is 0 Å². The quantitative estimate of drug-likeness (QED) is 0.747. The van der Waals surface area contributed by atoms with Crippen LogP contribution in [0.15, 0.2) is 0 Å². The van der Waals surface area contributed by atoms with Crippen LogP contribution < -0.4 is 5.32 Å². The Morgan fingerprint density at radius 2 is 1.93 bits per heavy atom. The lowest BCUT2D eigenvalue weighted by Gasteiger charge is -2.29. The van der Waals surface area contributed by atoms with E-state index in [1.807, 2.05) is 0 Å². The molecule has 1 saturated carbocycles. The van der Waals surface area contributed by atoms with Crippen molar-refractivity contribution in [2.75, 3.05) is 20.1 Å². The Balaban J connectivity index is 1.78. The van der Waals surface area contributed by atoms with Gasteiger partial charge in [0.25, 0.3) is 0 Å². The van der Waals surface area contributed by atoms with Gasteiger partial charge in [-0.1, -0.05) is 12.8 Å². The molecule has 1 N–H and O–H groups in total. The fourth-order valence-corrected chi connectivity index (χ4v) is 2.77. The lowest BCUT2D eigenvalue weighted by Crippen LogP contribution is -2.44. The van der Waals surface area contributed by atoms with E-state index >= 15 is 0 Å². The highest BCUT2D eigenvalue weighted by molar-refractivity contribution is 5.79. The first-order chi connectivity index (χ1) is 7.25. The zero-order chi connectivity index (χ0) is 10.7. The van der Waals surface area contributed by atoms with Gasteiger partial charge in [-0.2, -0.15) is 0 Å². The van der Waals surface area contributed by atoms with E-state index in [1.54, 1.807) is 0 Å². The molecule has 0 aromatic heterocycles. The van der Waals surface area contributed by atoms with Gasteiger partial charge in [0.2, 0.25) is 5.91 Å². The van der Waals surface area contributed by atoms with Crippen molar-refractivity contribution in [1.29, 1.82) is 0 Å². The smallest absolute Gasteiger partial charge is 0.224 e. The van der Waals surface area contributed by atoms with Gasteiger partial charge in [-0.25, -0.2) is 0 Å². The molecular weight excluding hydrogens is 188 g/mol. The maximum atomic E-state index is 12.0. The molecule has 1 amide bonds. The van der Waals surface area contributed by atoms with Crippen LogP contribution >= 0.6 is 0 Å². The van der Waals surface area contributed by atoms with Crippen molar-refractivity contribution < 1.29 is 4.79 Å². The van der Waals surface area contributed by atoms with Crippen LogP contribution in [-0.4, -0.2) is 37.0 Å². The molecule has 0 aromatic rings. The Bertz CT molecular complexity index is 224. The average Bonchev–Trinajstić information content (AvgIpc) is 2.70. The SMILES string of the molecule is CN1CCC[C@H](C(=O)NC2CCCC2)C1. The van der Waals surface area contributed by atoms with Crippen molar-refractivity contribution in [3.63, 3.8) is 0 Å². The summed E-state index contributed by atoms with van der Waals surface area (Å²) < 4.78 is 0. The summed E-state index contributed by atoms with van der Waals surface area (Å²) in [4.78, 5) is 14.2. The van der Waals surface area contributed by atoms with E-state index in [0.717, 1.165) is 19.5 Å². The molecule has 1 saturated heterocycles. The number of carbonyl (C=O) groups is 1. The first-order valence-electron chi connectivity index (χ1n) is 6.24. The van der Waals surface area contributed by atoms with Gasteiger partial charge in [-0.3, -0.25) is 4.79 Å². The molecule has 2 aliphatic rings. The predicted octanol–water partition coefficient (Wildman–Crippen LogP) is 1.39. The summed E-state index contributed by atoms with van der Waals surface area (Å²) in [5.41, 5.74) is 0. The predicted molar refractivity (Wildman–Crippen MR) is 60.6 cm³/mol. The van der Waals surface area contributed by atoms with Gasteiger partial charge in [-0.05, 0) is 39.3 Å². The Labute approximate surface area is 92.2 Å². The number of amides is 1. The molecule has 86 valence electrons. The first-order valence-corrected chi connectivity index (χ1v) is 6.24. The van der Waals surface area contributed by atoms with Gasteiger partial charge in [-0.15, -0.1) is 0 Å². The molecule has 3 heteroatoms. The number of nitrogens with zero attached hydrogens (tertiary/aromatic N) is 1. The monoisotopic (exact) mass is 210 g/mol. The first kappa shape index (κ1) is 10.9.